The second kappa shape index (κ2) is 7.62. The van der Waals surface area contributed by atoms with E-state index in [1.807, 2.05) is 31.2 Å². The van der Waals surface area contributed by atoms with Crippen molar-refractivity contribution in [3.8, 4) is 0 Å². The van der Waals surface area contributed by atoms with Crippen LogP contribution in [-0.2, 0) is 20.9 Å². The molecule has 0 aliphatic carbocycles. The number of anilines is 1. The van der Waals surface area contributed by atoms with Crippen molar-refractivity contribution in [3.05, 3.63) is 65.2 Å². The lowest BCUT2D eigenvalue weighted by atomic mass is 10.1. The third kappa shape index (κ3) is 3.51. The molecule has 2 aliphatic rings. The molecule has 3 amide bonds. The molecule has 0 bridgehead atoms. The van der Waals surface area contributed by atoms with E-state index in [-0.39, 0.29) is 12.2 Å². The molecule has 0 radical (unpaired) electrons. The van der Waals surface area contributed by atoms with Crippen molar-refractivity contribution in [3.63, 3.8) is 0 Å². The normalized spacial score (nSPS) is 20.1. The molecule has 8 nitrogen and oxygen atoms in total. The first kappa shape index (κ1) is 19.6. The van der Waals surface area contributed by atoms with Crippen molar-refractivity contribution >= 4 is 23.4 Å². The van der Waals surface area contributed by atoms with Gasteiger partial charge in [0, 0.05) is 12.6 Å². The molecule has 0 spiro atoms. The molecule has 2 aromatic rings. The number of nitrogens with zero attached hydrogens (tertiary/aromatic N) is 4. The minimum atomic E-state index is -1.18. The Kier molecular flexibility index (Phi) is 4.98. The van der Waals surface area contributed by atoms with Gasteiger partial charge in [0.05, 0.1) is 5.69 Å². The van der Waals surface area contributed by atoms with Crippen molar-refractivity contribution in [2.24, 2.45) is 10.3 Å². The Labute approximate surface area is 170 Å². The second-order valence-electron chi connectivity index (χ2n) is 7.06. The standard InChI is InChI=1S/C20H17F2N5O3/c1-11-2-4-12(5-3-11)9-23-16(28)10-26-18-17(24-25-26)19(29)27(20(18)30)13-6-7-14(21)15(22)8-13/h2-8,17-18H,9-10H2,1H3,(H,23,28). The first-order valence-electron chi connectivity index (χ1n) is 9.17. The van der Waals surface area contributed by atoms with Crippen molar-refractivity contribution in [1.82, 2.24) is 10.3 Å². The van der Waals surface area contributed by atoms with Gasteiger partial charge in [0.2, 0.25) is 5.91 Å². The van der Waals surface area contributed by atoms with Gasteiger partial charge < -0.3 is 5.32 Å². The molecular weight excluding hydrogens is 396 g/mol. The van der Waals surface area contributed by atoms with E-state index < -0.39 is 41.4 Å². The summed E-state index contributed by atoms with van der Waals surface area (Å²) in [5, 5.41) is 11.4. The lowest BCUT2D eigenvalue weighted by Crippen LogP contribution is -2.44. The topological polar surface area (TPSA) is 94.4 Å². The molecule has 4 rings (SSSR count). The highest BCUT2D eigenvalue weighted by atomic mass is 19.2. The zero-order valence-electron chi connectivity index (χ0n) is 15.9. The van der Waals surface area contributed by atoms with Gasteiger partial charge in [0.15, 0.2) is 23.7 Å². The van der Waals surface area contributed by atoms with Crippen LogP contribution in [0.25, 0.3) is 0 Å². The predicted molar refractivity (Wildman–Crippen MR) is 101 cm³/mol. The predicted octanol–water partition coefficient (Wildman–Crippen LogP) is 1.88. The molecule has 1 N–H and O–H groups in total. The number of carbonyl (C=O) groups is 3. The van der Waals surface area contributed by atoms with E-state index in [1.165, 1.54) is 0 Å². The van der Waals surface area contributed by atoms with Crippen LogP contribution in [0.3, 0.4) is 0 Å². The second-order valence-corrected chi connectivity index (χ2v) is 7.06. The summed E-state index contributed by atoms with van der Waals surface area (Å²) in [7, 11) is 0. The number of hydrogen-bond acceptors (Lipinski definition) is 6. The Balaban J connectivity index is 1.43. The number of halogens is 2. The summed E-state index contributed by atoms with van der Waals surface area (Å²) in [6.45, 7) is 1.98. The maximum atomic E-state index is 13.5. The van der Waals surface area contributed by atoms with E-state index in [0.29, 0.717) is 6.54 Å². The molecule has 2 aromatic carbocycles. The van der Waals surface area contributed by atoms with E-state index in [2.05, 4.69) is 15.7 Å². The number of fused-ring (bicyclic) bond motifs is 1. The molecule has 154 valence electrons. The van der Waals surface area contributed by atoms with Crippen molar-refractivity contribution in [1.29, 1.82) is 0 Å². The van der Waals surface area contributed by atoms with Crippen LogP contribution in [0.5, 0.6) is 0 Å². The number of carbonyl (C=O) groups excluding carboxylic acids is 3. The number of aryl methyl sites for hydroxylation is 1. The van der Waals surface area contributed by atoms with Crippen molar-refractivity contribution < 1.29 is 23.2 Å². The average molecular weight is 413 g/mol. The van der Waals surface area contributed by atoms with Gasteiger partial charge in [0.25, 0.3) is 11.8 Å². The first-order valence-corrected chi connectivity index (χ1v) is 9.17. The third-order valence-corrected chi connectivity index (χ3v) is 4.94. The van der Waals surface area contributed by atoms with E-state index in [9.17, 15) is 23.2 Å². The lowest BCUT2D eigenvalue weighted by Gasteiger charge is -2.20. The molecule has 2 atom stereocenters. The number of benzene rings is 2. The van der Waals surface area contributed by atoms with Crippen LogP contribution in [0.15, 0.2) is 52.8 Å². The largest absolute Gasteiger partial charge is 0.350 e. The maximum Gasteiger partial charge on any atom is 0.263 e. The molecule has 30 heavy (non-hydrogen) atoms. The smallest absolute Gasteiger partial charge is 0.263 e. The third-order valence-electron chi connectivity index (χ3n) is 4.94. The van der Waals surface area contributed by atoms with Crippen LogP contribution in [-0.4, -0.2) is 41.4 Å². The van der Waals surface area contributed by atoms with Gasteiger partial charge in [0.1, 0.15) is 6.54 Å². The summed E-state index contributed by atoms with van der Waals surface area (Å²) in [6, 6.07) is 8.13. The van der Waals surface area contributed by atoms with E-state index >= 15 is 0 Å². The number of rotatable bonds is 5. The van der Waals surface area contributed by atoms with Gasteiger partial charge in [-0.3, -0.25) is 19.4 Å². The summed E-state index contributed by atoms with van der Waals surface area (Å²) in [4.78, 5) is 38.4. The highest BCUT2D eigenvalue weighted by molar-refractivity contribution is 6.25. The molecule has 2 heterocycles. The minimum Gasteiger partial charge on any atom is -0.350 e. The van der Waals surface area contributed by atoms with Gasteiger partial charge in [-0.2, -0.15) is 5.11 Å². The fourth-order valence-corrected chi connectivity index (χ4v) is 3.34. The fourth-order valence-electron chi connectivity index (χ4n) is 3.34. The highest BCUT2D eigenvalue weighted by Gasteiger charge is 2.55. The number of amides is 3. The lowest BCUT2D eigenvalue weighted by molar-refractivity contribution is -0.125. The molecule has 0 saturated carbocycles. The molecular formula is C20H17F2N5O3. The van der Waals surface area contributed by atoms with Gasteiger partial charge >= 0.3 is 0 Å². The van der Waals surface area contributed by atoms with Crippen molar-refractivity contribution in [2.75, 3.05) is 11.4 Å². The Hall–Kier alpha value is -3.69. The molecule has 1 saturated heterocycles. The van der Waals surface area contributed by atoms with Crippen LogP contribution in [0.1, 0.15) is 11.1 Å². The summed E-state index contributed by atoms with van der Waals surface area (Å²) in [5.74, 6) is -4.08. The van der Waals surface area contributed by atoms with Crippen LogP contribution in [0.2, 0.25) is 0 Å². The van der Waals surface area contributed by atoms with Crippen LogP contribution < -0.4 is 10.2 Å². The Morgan fingerprint density at radius 3 is 2.50 bits per heavy atom. The fraction of sp³-hybridized carbons (Fsp3) is 0.250. The first-order chi connectivity index (χ1) is 14.3. The summed E-state index contributed by atoms with van der Waals surface area (Å²) in [6.07, 6.45) is 0. The van der Waals surface area contributed by atoms with E-state index in [4.69, 9.17) is 0 Å². The van der Waals surface area contributed by atoms with E-state index in [1.54, 1.807) is 0 Å². The van der Waals surface area contributed by atoms with E-state index in [0.717, 1.165) is 39.2 Å². The SMILES string of the molecule is Cc1ccc(CNC(=O)CN2N=NC3C(=O)N(c4ccc(F)c(F)c4)C(=O)C32)cc1. The summed E-state index contributed by atoms with van der Waals surface area (Å²) >= 11 is 0. The Morgan fingerprint density at radius 2 is 1.80 bits per heavy atom. The zero-order valence-corrected chi connectivity index (χ0v) is 15.9. The number of imide groups is 1. The number of nitrogens with one attached hydrogen (secondary N) is 1. The van der Waals surface area contributed by atoms with Crippen molar-refractivity contribution in [2.45, 2.75) is 25.6 Å². The average Bonchev–Trinajstić information content (AvgIpc) is 3.23. The number of hydrogen-bond donors (Lipinski definition) is 1. The molecule has 0 aromatic heterocycles. The van der Waals surface area contributed by atoms with Crippen LogP contribution in [0.4, 0.5) is 14.5 Å². The highest BCUT2D eigenvalue weighted by Crippen LogP contribution is 2.32. The maximum absolute atomic E-state index is 13.5. The quantitative estimate of drug-likeness (QED) is 0.758. The molecule has 2 aliphatic heterocycles. The van der Waals surface area contributed by atoms with Crippen LogP contribution >= 0.6 is 0 Å². The minimum absolute atomic E-state index is 0.0997. The van der Waals surface area contributed by atoms with Crippen LogP contribution in [0, 0.1) is 18.6 Å². The Bertz CT molecular complexity index is 1060. The van der Waals surface area contributed by atoms with Gasteiger partial charge in [-0.25, -0.2) is 13.7 Å². The van der Waals surface area contributed by atoms with Gasteiger partial charge in [-0.05, 0) is 24.6 Å². The molecule has 10 heteroatoms. The monoisotopic (exact) mass is 413 g/mol. The molecule has 2 unspecified atom stereocenters. The van der Waals surface area contributed by atoms with Gasteiger partial charge in [-0.15, -0.1) is 0 Å². The summed E-state index contributed by atoms with van der Waals surface area (Å²) in [5.41, 5.74) is 1.91. The van der Waals surface area contributed by atoms with Gasteiger partial charge in [-0.1, -0.05) is 35.1 Å². The molecule has 1 fully saturated rings. The Morgan fingerprint density at radius 1 is 1.07 bits per heavy atom. The zero-order chi connectivity index (χ0) is 21.4. The summed E-state index contributed by atoms with van der Waals surface area (Å²) < 4.78 is 26.7.